The van der Waals surface area contributed by atoms with Gasteiger partial charge < -0.3 is 14.7 Å². The van der Waals surface area contributed by atoms with Crippen LogP contribution in [0.5, 0.6) is 0 Å². The fourth-order valence-electron chi connectivity index (χ4n) is 5.30. The Bertz CT molecular complexity index is 1120. The number of rotatable bonds is 3. The monoisotopic (exact) mass is 421 g/mol. The van der Waals surface area contributed by atoms with Crippen molar-refractivity contribution in [1.82, 2.24) is 19.7 Å². The van der Waals surface area contributed by atoms with Crippen LogP contribution in [0.1, 0.15) is 38.1 Å². The number of piperidine rings is 1. The fraction of sp³-hybridized carbons (Fsp3) is 0.542. The van der Waals surface area contributed by atoms with Gasteiger partial charge in [0.05, 0.1) is 42.4 Å². The standard InChI is InChI=1S/C24H31N5O2/c1-15-17(3)31-14-24(15)7-9-29(10-8-24)23-20(13-30)27-22(16(2)26-23)18-5-6-19-12-25-28(4)21(19)11-18/h5-6,11-12,15,17,30H,7-10,13-14H2,1-4H3/t15-,17+/m1/s1. The summed E-state index contributed by atoms with van der Waals surface area (Å²) in [6.07, 6.45) is 4.36. The first kappa shape index (κ1) is 20.4. The highest BCUT2D eigenvalue weighted by atomic mass is 16.5. The normalized spacial score (nSPS) is 23.2. The van der Waals surface area contributed by atoms with E-state index in [1.807, 2.05) is 24.9 Å². The number of aliphatic hydroxyl groups excluding tert-OH is 1. The lowest BCUT2D eigenvalue weighted by atomic mass is 9.70. The molecule has 2 saturated heterocycles. The molecule has 1 aromatic carbocycles. The number of benzene rings is 1. The van der Waals surface area contributed by atoms with Crippen molar-refractivity contribution in [2.75, 3.05) is 24.6 Å². The average molecular weight is 422 g/mol. The minimum Gasteiger partial charge on any atom is -0.390 e. The number of hydrogen-bond acceptors (Lipinski definition) is 6. The molecule has 1 spiro atoms. The summed E-state index contributed by atoms with van der Waals surface area (Å²) < 4.78 is 7.83. The van der Waals surface area contributed by atoms with E-state index in [0.717, 1.165) is 66.2 Å². The van der Waals surface area contributed by atoms with Crippen LogP contribution in [0.3, 0.4) is 0 Å². The molecule has 2 aliphatic rings. The summed E-state index contributed by atoms with van der Waals surface area (Å²) in [6.45, 7) is 9.08. The summed E-state index contributed by atoms with van der Waals surface area (Å²) >= 11 is 0. The van der Waals surface area contributed by atoms with Crippen LogP contribution in [0.25, 0.3) is 22.2 Å². The first-order valence-electron chi connectivity index (χ1n) is 11.2. The summed E-state index contributed by atoms with van der Waals surface area (Å²) in [5.74, 6) is 1.39. The van der Waals surface area contributed by atoms with Crippen molar-refractivity contribution >= 4 is 16.7 Å². The number of fused-ring (bicyclic) bond motifs is 1. The van der Waals surface area contributed by atoms with Gasteiger partial charge in [-0.1, -0.05) is 19.1 Å². The summed E-state index contributed by atoms with van der Waals surface area (Å²) in [6, 6.07) is 6.20. The highest BCUT2D eigenvalue weighted by Gasteiger charge is 2.47. The zero-order chi connectivity index (χ0) is 21.8. The van der Waals surface area contributed by atoms with E-state index in [9.17, 15) is 5.11 Å². The van der Waals surface area contributed by atoms with Crippen LogP contribution < -0.4 is 4.90 Å². The summed E-state index contributed by atoms with van der Waals surface area (Å²) in [5, 5.41) is 15.5. The average Bonchev–Trinajstić information content (AvgIpc) is 3.29. The fourth-order valence-corrected chi connectivity index (χ4v) is 5.30. The molecule has 2 aromatic heterocycles. The Labute approximate surface area is 183 Å². The van der Waals surface area contributed by atoms with Crippen LogP contribution in [-0.2, 0) is 18.4 Å². The van der Waals surface area contributed by atoms with E-state index in [2.05, 4.69) is 42.0 Å². The van der Waals surface area contributed by atoms with E-state index in [-0.39, 0.29) is 12.0 Å². The minimum absolute atomic E-state index is 0.123. The molecule has 2 atom stereocenters. The lowest BCUT2D eigenvalue weighted by Gasteiger charge is -2.42. The Morgan fingerprint density at radius 3 is 2.65 bits per heavy atom. The maximum atomic E-state index is 10.1. The van der Waals surface area contributed by atoms with Crippen molar-refractivity contribution in [2.45, 2.75) is 46.3 Å². The van der Waals surface area contributed by atoms with Crippen molar-refractivity contribution in [3.05, 3.63) is 35.8 Å². The maximum Gasteiger partial charge on any atom is 0.153 e. The molecule has 2 aliphatic heterocycles. The van der Waals surface area contributed by atoms with Crippen LogP contribution in [0, 0.1) is 18.3 Å². The van der Waals surface area contributed by atoms with Crippen LogP contribution in [0.15, 0.2) is 24.4 Å². The highest BCUT2D eigenvalue weighted by molar-refractivity contribution is 5.84. The van der Waals surface area contributed by atoms with Gasteiger partial charge in [0.15, 0.2) is 5.82 Å². The smallest absolute Gasteiger partial charge is 0.153 e. The number of aromatic nitrogens is 4. The van der Waals surface area contributed by atoms with Gasteiger partial charge in [0.2, 0.25) is 0 Å². The molecule has 164 valence electrons. The molecule has 31 heavy (non-hydrogen) atoms. The second-order valence-corrected chi connectivity index (χ2v) is 9.28. The summed E-state index contributed by atoms with van der Waals surface area (Å²) in [4.78, 5) is 12.1. The van der Waals surface area contributed by atoms with Crippen molar-refractivity contribution in [3.8, 4) is 11.3 Å². The molecule has 0 bridgehead atoms. The number of aliphatic hydroxyl groups is 1. The SMILES string of the molecule is Cc1nc(N2CCC3(CC2)CO[C@@H](C)[C@H]3C)c(CO)nc1-c1ccc2cnn(C)c2c1. The van der Waals surface area contributed by atoms with Gasteiger partial charge in [-0.3, -0.25) is 4.68 Å². The highest BCUT2D eigenvalue weighted by Crippen LogP contribution is 2.46. The van der Waals surface area contributed by atoms with E-state index >= 15 is 0 Å². The molecule has 0 unspecified atom stereocenters. The number of anilines is 1. The Morgan fingerprint density at radius 2 is 1.97 bits per heavy atom. The quantitative estimate of drug-likeness (QED) is 0.698. The van der Waals surface area contributed by atoms with Crippen molar-refractivity contribution in [1.29, 1.82) is 0 Å². The van der Waals surface area contributed by atoms with Crippen LogP contribution in [0.4, 0.5) is 5.82 Å². The second kappa shape index (κ2) is 7.57. The molecular formula is C24H31N5O2. The lowest BCUT2D eigenvalue weighted by Crippen LogP contribution is -2.44. The Kier molecular flexibility index (Phi) is 4.98. The third-order valence-electron chi connectivity index (χ3n) is 7.66. The van der Waals surface area contributed by atoms with Gasteiger partial charge in [-0.25, -0.2) is 9.97 Å². The first-order chi connectivity index (χ1) is 14.9. The van der Waals surface area contributed by atoms with Gasteiger partial charge in [0.25, 0.3) is 0 Å². The predicted molar refractivity (Wildman–Crippen MR) is 121 cm³/mol. The van der Waals surface area contributed by atoms with Crippen LogP contribution in [0.2, 0.25) is 0 Å². The predicted octanol–water partition coefficient (Wildman–Crippen LogP) is 3.47. The Hall–Kier alpha value is -2.51. The van der Waals surface area contributed by atoms with E-state index in [4.69, 9.17) is 14.7 Å². The molecule has 4 heterocycles. The van der Waals surface area contributed by atoms with Crippen LogP contribution >= 0.6 is 0 Å². The van der Waals surface area contributed by atoms with E-state index in [1.165, 1.54) is 0 Å². The summed E-state index contributed by atoms with van der Waals surface area (Å²) in [7, 11) is 1.94. The third-order valence-corrected chi connectivity index (χ3v) is 7.66. The number of hydrogen-bond donors (Lipinski definition) is 1. The minimum atomic E-state index is -0.123. The van der Waals surface area contributed by atoms with Gasteiger partial charge in [-0.05, 0) is 38.7 Å². The molecule has 3 aromatic rings. The van der Waals surface area contributed by atoms with Gasteiger partial charge >= 0.3 is 0 Å². The number of ether oxygens (including phenoxy) is 1. The van der Waals surface area contributed by atoms with Crippen LogP contribution in [-0.4, -0.2) is 50.7 Å². The third kappa shape index (κ3) is 3.31. The van der Waals surface area contributed by atoms with Crippen molar-refractivity contribution < 1.29 is 9.84 Å². The summed E-state index contributed by atoms with van der Waals surface area (Å²) in [5.41, 5.74) is 4.65. The lowest BCUT2D eigenvalue weighted by molar-refractivity contribution is 0.0969. The molecule has 0 amide bonds. The molecule has 0 aliphatic carbocycles. The molecule has 7 heteroatoms. The van der Waals surface area contributed by atoms with Gasteiger partial charge in [0.1, 0.15) is 5.69 Å². The Balaban J connectivity index is 1.44. The zero-order valence-electron chi connectivity index (χ0n) is 18.8. The maximum absolute atomic E-state index is 10.1. The van der Waals surface area contributed by atoms with E-state index < -0.39 is 0 Å². The molecule has 5 rings (SSSR count). The Morgan fingerprint density at radius 1 is 1.19 bits per heavy atom. The van der Waals surface area contributed by atoms with Crippen molar-refractivity contribution in [3.63, 3.8) is 0 Å². The van der Waals surface area contributed by atoms with E-state index in [0.29, 0.717) is 17.7 Å². The topological polar surface area (TPSA) is 76.3 Å². The molecule has 0 radical (unpaired) electrons. The van der Waals surface area contributed by atoms with E-state index in [1.54, 1.807) is 0 Å². The number of nitrogens with zero attached hydrogens (tertiary/aromatic N) is 5. The zero-order valence-corrected chi connectivity index (χ0v) is 18.8. The molecular weight excluding hydrogens is 390 g/mol. The van der Waals surface area contributed by atoms with Gasteiger partial charge in [0, 0.05) is 36.5 Å². The number of aryl methyl sites for hydroxylation is 2. The molecule has 0 saturated carbocycles. The van der Waals surface area contributed by atoms with Gasteiger partial charge in [-0.2, -0.15) is 5.10 Å². The van der Waals surface area contributed by atoms with Crippen molar-refractivity contribution in [2.24, 2.45) is 18.4 Å². The first-order valence-corrected chi connectivity index (χ1v) is 11.2. The largest absolute Gasteiger partial charge is 0.390 e. The van der Waals surface area contributed by atoms with Gasteiger partial charge in [-0.15, -0.1) is 0 Å². The molecule has 1 N–H and O–H groups in total. The molecule has 7 nitrogen and oxygen atoms in total. The second-order valence-electron chi connectivity index (χ2n) is 9.28. The molecule has 2 fully saturated rings.